The lowest BCUT2D eigenvalue weighted by Crippen LogP contribution is -2.21. The van der Waals surface area contributed by atoms with Gasteiger partial charge in [-0.05, 0) is 31.6 Å². The normalized spacial score (nSPS) is 28.1. The molecule has 5 nitrogen and oxygen atoms in total. The van der Waals surface area contributed by atoms with Crippen LogP contribution in [-0.2, 0) is 13.8 Å². The molecule has 1 amide bonds. The molecule has 1 saturated carbocycles. The molecule has 28 heavy (non-hydrogen) atoms. The van der Waals surface area contributed by atoms with Gasteiger partial charge in [-0.1, -0.05) is 50.5 Å². The summed E-state index contributed by atoms with van der Waals surface area (Å²) < 4.78 is 26.1. The largest absolute Gasteiger partial charge is 0.393 e. The van der Waals surface area contributed by atoms with Crippen molar-refractivity contribution < 1.29 is 18.9 Å². The number of rotatable bonds is 16. The molecule has 0 radical (unpaired) electrons. The standard InChI is InChI=1S/C21H39NO4P2/c1-3-4-7-10-16(25-27)13-14-18-17(19(23)15-20(18)26-28)11-8-5-6-9-12-21(24)22-2/h5,8,13-14,16-20,23H,3-4,6-7,9-12,15,27-28H2,1-2H3,(H,22,24)/b8-5-,14-13+/t16?,17-,18-,19+,20-/m1/s1/i27T,28T/t16?,17-,18-,19+,20-,27?,28?. The monoisotopic (exact) mass is 435 g/mol. The molecule has 7 heteroatoms. The van der Waals surface area contributed by atoms with E-state index in [2.05, 4.69) is 30.5 Å². The Hall–Kier alpha value is -0.310. The van der Waals surface area contributed by atoms with Crippen molar-refractivity contribution in [1.82, 2.24) is 5.32 Å². The number of aliphatic hydroxyl groups is 1. The fraction of sp³-hybridized carbons (Fsp3) is 0.762. The van der Waals surface area contributed by atoms with Crippen LogP contribution in [0.5, 0.6) is 0 Å². The van der Waals surface area contributed by atoms with Gasteiger partial charge in [-0.3, -0.25) is 4.79 Å². The van der Waals surface area contributed by atoms with E-state index in [1.165, 1.54) is 0 Å². The smallest absolute Gasteiger partial charge is 0.219 e. The quantitative estimate of drug-likeness (QED) is 0.215. The third-order valence-electron chi connectivity index (χ3n) is 5.46. The van der Waals surface area contributed by atoms with Gasteiger partial charge in [0.15, 0.2) is 0 Å². The summed E-state index contributed by atoms with van der Waals surface area (Å²) in [6.07, 6.45) is 15.3. The molecule has 1 fully saturated rings. The molecule has 0 aromatic rings. The van der Waals surface area contributed by atoms with Crippen LogP contribution in [0.3, 0.4) is 0 Å². The summed E-state index contributed by atoms with van der Waals surface area (Å²) in [4.78, 5) is 11.3. The fourth-order valence-corrected chi connectivity index (χ4v) is 4.18. The fourth-order valence-electron chi connectivity index (χ4n) is 3.73. The summed E-state index contributed by atoms with van der Waals surface area (Å²) >= 11 is 0. The second kappa shape index (κ2) is 15.5. The van der Waals surface area contributed by atoms with E-state index in [9.17, 15) is 9.90 Å². The predicted octanol–water partition coefficient (Wildman–Crippen LogP) is 4.33. The van der Waals surface area contributed by atoms with Crippen molar-refractivity contribution >= 4 is 24.7 Å². The minimum atomic E-state index is -0.464. The number of aliphatic hydroxyl groups excluding tert-OH is 1. The Kier molecular flexibility index (Phi) is 12.4. The minimum absolute atomic E-state index is 0.0275. The van der Waals surface area contributed by atoms with Crippen LogP contribution in [0.4, 0.5) is 0 Å². The molecule has 1 aliphatic carbocycles. The van der Waals surface area contributed by atoms with Crippen LogP contribution in [0.15, 0.2) is 24.3 Å². The average molecular weight is 436 g/mol. The molecule has 1 aliphatic rings. The van der Waals surface area contributed by atoms with Gasteiger partial charge in [-0.2, -0.15) is 0 Å². The third kappa shape index (κ3) is 9.46. The van der Waals surface area contributed by atoms with Crippen LogP contribution >= 0.6 is 18.8 Å². The highest BCUT2D eigenvalue weighted by Crippen LogP contribution is 2.39. The van der Waals surface area contributed by atoms with Crippen LogP contribution in [0, 0.1) is 11.8 Å². The SMILES string of the molecule is [3H]POC(/C=C/[C@@H]1[C@@H](C/C=C\CCCC(=O)NC)[C@@H](O)C[C@H]1OP[3H])CCCCC. The third-order valence-corrected chi connectivity index (χ3v) is 6.07. The summed E-state index contributed by atoms with van der Waals surface area (Å²) in [7, 11) is 0.992. The van der Waals surface area contributed by atoms with Crippen molar-refractivity contribution in [3.63, 3.8) is 0 Å². The molecule has 0 saturated heterocycles. The van der Waals surface area contributed by atoms with Gasteiger partial charge < -0.3 is 19.5 Å². The molecule has 0 aliphatic heterocycles. The molecular weight excluding hydrogens is 392 g/mol. The first-order chi connectivity index (χ1) is 14.6. The van der Waals surface area contributed by atoms with E-state index in [0.717, 1.165) is 44.9 Å². The van der Waals surface area contributed by atoms with E-state index in [1.807, 2.05) is 6.08 Å². The molecule has 3 unspecified atom stereocenters. The first-order valence-corrected chi connectivity index (χ1v) is 11.3. The van der Waals surface area contributed by atoms with Crippen LogP contribution in [0.2, 0.25) is 0 Å². The maximum atomic E-state index is 11.3. The number of hydrogen-bond donors (Lipinski definition) is 2. The topological polar surface area (TPSA) is 67.8 Å². The molecule has 1 rings (SSSR count). The van der Waals surface area contributed by atoms with E-state index in [4.69, 9.17) is 11.6 Å². The van der Waals surface area contributed by atoms with E-state index in [1.54, 1.807) is 7.05 Å². The van der Waals surface area contributed by atoms with Gasteiger partial charge in [-0.25, -0.2) is 0 Å². The Morgan fingerprint density at radius 3 is 2.93 bits per heavy atom. The lowest BCUT2D eigenvalue weighted by molar-refractivity contribution is -0.120. The van der Waals surface area contributed by atoms with E-state index in [0.29, 0.717) is 12.8 Å². The molecule has 0 bridgehead atoms. The van der Waals surface area contributed by atoms with Crippen LogP contribution in [0.25, 0.3) is 0 Å². The summed E-state index contributed by atoms with van der Waals surface area (Å²) in [5.74, 6) is 0.118. The summed E-state index contributed by atoms with van der Waals surface area (Å²) in [5.41, 5.74) is 0. The Labute approximate surface area is 178 Å². The van der Waals surface area contributed by atoms with Crippen LogP contribution in [0.1, 0.15) is 64.7 Å². The number of carbonyl (C=O) groups excluding carboxylic acids is 1. The molecular formula is C21H39NO4P2. The average Bonchev–Trinajstić information content (AvgIpc) is 3.03. The zero-order chi connectivity index (χ0) is 22.2. The molecule has 0 spiro atoms. The highest BCUT2D eigenvalue weighted by atomic mass is 31.0. The molecule has 162 valence electrons. The molecule has 0 aromatic carbocycles. The maximum absolute atomic E-state index is 11.3. The molecule has 0 aromatic heterocycles. The van der Waals surface area contributed by atoms with Crippen LogP contribution in [-0.4, -0.2) is 38.9 Å². The first kappa shape index (κ1) is 22.4. The Morgan fingerprint density at radius 2 is 2.21 bits per heavy atom. The van der Waals surface area contributed by atoms with Crippen molar-refractivity contribution in [3.05, 3.63) is 24.3 Å². The Morgan fingerprint density at radius 1 is 1.36 bits per heavy atom. The van der Waals surface area contributed by atoms with Gasteiger partial charge in [0.1, 0.15) is 0 Å². The van der Waals surface area contributed by atoms with E-state index >= 15 is 0 Å². The van der Waals surface area contributed by atoms with Gasteiger partial charge in [0, 0.05) is 44.6 Å². The highest BCUT2D eigenvalue weighted by molar-refractivity contribution is 7.10. The van der Waals surface area contributed by atoms with Crippen molar-refractivity contribution in [3.8, 4) is 0 Å². The van der Waals surface area contributed by atoms with E-state index in [-0.39, 0.29) is 48.8 Å². The highest BCUT2D eigenvalue weighted by Gasteiger charge is 2.40. The van der Waals surface area contributed by atoms with Gasteiger partial charge in [-0.15, -0.1) is 0 Å². The summed E-state index contributed by atoms with van der Waals surface area (Å²) in [6.45, 7) is 2.16. The second-order valence-corrected chi connectivity index (χ2v) is 7.98. The number of carbonyl (C=O) groups is 1. The van der Waals surface area contributed by atoms with Crippen molar-refractivity contribution in [2.24, 2.45) is 11.8 Å². The summed E-state index contributed by atoms with van der Waals surface area (Å²) in [6, 6.07) is 0. The van der Waals surface area contributed by atoms with Gasteiger partial charge >= 0.3 is 0 Å². The number of allylic oxidation sites excluding steroid dienone is 2. The van der Waals surface area contributed by atoms with Crippen LogP contribution < -0.4 is 5.32 Å². The zero-order valence-corrected chi connectivity index (χ0v) is 19.2. The second-order valence-electron chi connectivity index (χ2n) is 7.51. The van der Waals surface area contributed by atoms with Crippen molar-refractivity contribution in [1.29, 1.82) is 2.56 Å². The predicted molar refractivity (Wildman–Crippen MR) is 122 cm³/mol. The lowest BCUT2D eigenvalue weighted by Gasteiger charge is -2.21. The summed E-state index contributed by atoms with van der Waals surface area (Å²) in [5, 5.41) is 13.2. The number of nitrogens with one attached hydrogen (secondary N) is 1. The number of unbranched alkanes of at least 4 members (excludes halogenated alkanes) is 3. The van der Waals surface area contributed by atoms with E-state index < -0.39 is 6.10 Å². The maximum Gasteiger partial charge on any atom is 0.219 e. The molecule has 0 heterocycles. The molecule has 2 N–H and O–H groups in total. The number of amides is 1. The zero-order valence-electron chi connectivity index (χ0n) is 19.2. The van der Waals surface area contributed by atoms with Crippen molar-refractivity contribution in [2.75, 3.05) is 7.05 Å². The van der Waals surface area contributed by atoms with Crippen molar-refractivity contribution in [2.45, 2.75) is 83.0 Å². The van der Waals surface area contributed by atoms with Gasteiger partial charge in [0.05, 0.1) is 20.9 Å². The first-order valence-electron chi connectivity index (χ1n) is 11.4. The Bertz CT molecular complexity index is 525. The lowest BCUT2D eigenvalue weighted by atomic mass is 9.89. The molecule has 7 atom stereocenters. The Balaban J connectivity index is 2.69. The van der Waals surface area contributed by atoms with Gasteiger partial charge in [0.2, 0.25) is 5.91 Å². The minimum Gasteiger partial charge on any atom is -0.393 e. The van der Waals surface area contributed by atoms with Gasteiger partial charge in [0.25, 0.3) is 0 Å². The number of hydrogen-bond acceptors (Lipinski definition) is 4.